The lowest BCUT2D eigenvalue weighted by Gasteiger charge is -2.48. The first kappa shape index (κ1) is 15.9. The molecular weight excluding hydrogens is 222 g/mol. The molecule has 108 valence electrons. The second kappa shape index (κ2) is 7.46. The number of hydrazine groups is 1. The summed E-state index contributed by atoms with van der Waals surface area (Å²) < 4.78 is 0. The van der Waals surface area contributed by atoms with E-state index in [2.05, 4.69) is 38.3 Å². The Morgan fingerprint density at radius 2 is 1.72 bits per heavy atom. The summed E-state index contributed by atoms with van der Waals surface area (Å²) in [4.78, 5) is 2.44. The van der Waals surface area contributed by atoms with Crippen molar-refractivity contribution in [2.24, 2.45) is 11.8 Å². The Hall–Kier alpha value is -0.120. The lowest BCUT2D eigenvalue weighted by Crippen LogP contribution is -2.63. The van der Waals surface area contributed by atoms with Crippen LogP contribution in [0.5, 0.6) is 0 Å². The predicted molar refractivity (Wildman–Crippen MR) is 79.3 cm³/mol. The Morgan fingerprint density at radius 1 is 1.17 bits per heavy atom. The molecule has 2 unspecified atom stereocenters. The molecule has 18 heavy (non-hydrogen) atoms. The number of nitrogens with two attached hydrogens (primary N) is 1. The Labute approximate surface area is 113 Å². The van der Waals surface area contributed by atoms with Gasteiger partial charge in [-0.15, -0.1) is 0 Å². The van der Waals surface area contributed by atoms with Gasteiger partial charge in [-0.2, -0.15) is 0 Å². The zero-order valence-electron chi connectivity index (χ0n) is 12.8. The molecule has 0 heterocycles. The van der Waals surface area contributed by atoms with E-state index in [9.17, 15) is 0 Å². The van der Waals surface area contributed by atoms with Crippen molar-refractivity contribution in [3.8, 4) is 0 Å². The Morgan fingerprint density at radius 3 is 2.11 bits per heavy atom. The minimum Gasteiger partial charge on any atom is -0.302 e. The Kier molecular flexibility index (Phi) is 6.61. The van der Waals surface area contributed by atoms with Gasteiger partial charge < -0.3 is 4.90 Å². The maximum absolute atomic E-state index is 5.93. The second-order valence-electron chi connectivity index (χ2n) is 6.32. The molecule has 3 N–H and O–H groups in total. The van der Waals surface area contributed by atoms with E-state index in [1.807, 2.05) is 0 Å². The average molecular weight is 255 g/mol. The van der Waals surface area contributed by atoms with Gasteiger partial charge in [-0.3, -0.25) is 11.3 Å². The fourth-order valence-electron chi connectivity index (χ4n) is 3.85. The lowest BCUT2D eigenvalue weighted by atomic mass is 9.75. The monoisotopic (exact) mass is 255 g/mol. The number of likely N-dealkylation sites (N-methyl/N-ethyl adjacent to an activating group) is 1. The fourth-order valence-corrected chi connectivity index (χ4v) is 3.85. The van der Waals surface area contributed by atoms with Crippen LogP contribution in [0.3, 0.4) is 0 Å². The molecule has 0 aliphatic heterocycles. The highest BCUT2D eigenvalue weighted by molar-refractivity contribution is 5.00. The second-order valence-corrected chi connectivity index (χ2v) is 6.32. The van der Waals surface area contributed by atoms with E-state index < -0.39 is 0 Å². The molecule has 3 nitrogen and oxygen atoms in total. The van der Waals surface area contributed by atoms with Crippen LogP contribution in [0.2, 0.25) is 0 Å². The number of nitrogens with one attached hydrogen (secondary N) is 1. The van der Waals surface area contributed by atoms with Gasteiger partial charge in [0.05, 0.1) is 0 Å². The molecule has 1 fully saturated rings. The molecule has 2 atom stereocenters. The third kappa shape index (κ3) is 3.46. The van der Waals surface area contributed by atoms with Crippen LogP contribution in [0.4, 0.5) is 0 Å². The third-order valence-corrected chi connectivity index (χ3v) is 4.93. The standard InChI is InChI=1S/C15H33N3/c1-5-10-13(2)14(17-16)15(18(3)4)11-8-6-7-9-12-15/h13-14,17H,5-12,16H2,1-4H3. The first-order valence-electron chi connectivity index (χ1n) is 7.72. The summed E-state index contributed by atoms with van der Waals surface area (Å²) in [5.74, 6) is 6.57. The maximum Gasteiger partial charge on any atom is 0.0420 e. The van der Waals surface area contributed by atoms with Crippen molar-refractivity contribution in [1.82, 2.24) is 10.3 Å². The molecule has 3 heteroatoms. The van der Waals surface area contributed by atoms with E-state index >= 15 is 0 Å². The molecule has 0 aromatic carbocycles. The van der Waals surface area contributed by atoms with Crippen LogP contribution in [0, 0.1) is 5.92 Å². The molecule has 0 saturated heterocycles. The van der Waals surface area contributed by atoms with Gasteiger partial charge in [-0.25, -0.2) is 0 Å². The predicted octanol–water partition coefficient (Wildman–Crippen LogP) is 2.91. The summed E-state index contributed by atoms with van der Waals surface area (Å²) in [6, 6.07) is 0.408. The number of hydrogen-bond acceptors (Lipinski definition) is 3. The first-order valence-corrected chi connectivity index (χ1v) is 7.72. The van der Waals surface area contributed by atoms with Crippen molar-refractivity contribution < 1.29 is 0 Å². The molecule has 1 rings (SSSR count). The normalized spacial score (nSPS) is 23.7. The molecule has 0 aromatic heterocycles. The molecule has 1 aliphatic rings. The number of nitrogens with zero attached hydrogens (tertiary/aromatic N) is 1. The van der Waals surface area contributed by atoms with Crippen LogP contribution in [0.25, 0.3) is 0 Å². The highest BCUT2D eigenvalue weighted by atomic mass is 15.3. The van der Waals surface area contributed by atoms with Crippen molar-refractivity contribution in [2.45, 2.75) is 76.8 Å². The van der Waals surface area contributed by atoms with Crippen LogP contribution in [-0.2, 0) is 0 Å². The SMILES string of the molecule is CCCC(C)C(NN)C1(N(C)C)CCCCCC1. The van der Waals surface area contributed by atoms with Crippen LogP contribution >= 0.6 is 0 Å². The average Bonchev–Trinajstić information content (AvgIpc) is 2.57. The minimum absolute atomic E-state index is 0.250. The van der Waals surface area contributed by atoms with E-state index in [-0.39, 0.29) is 5.54 Å². The topological polar surface area (TPSA) is 41.3 Å². The minimum atomic E-state index is 0.250. The van der Waals surface area contributed by atoms with Gasteiger partial charge in [0.1, 0.15) is 0 Å². The molecule has 1 saturated carbocycles. The molecule has 0 bridgehead atoms. The van der Waals surface area contributed by atoms with E-state index in [4.69, 9.17) is 5.84 Å². The molecule has 0 radical (unpaired) electrons. The van der Waals surface area contributed by atoms with Gasteiger partial charge in [-0.1, -0.05) is 46.0 Å². The summed E-state index contributed by atoms with van der Waals surface area (Å²) in [5, 5.41) is 0. The zero-order chi connectivity index (χ0) is 13.6. The van der Waals surface area contributed by atoms with Crippen molar-refractivity contribution >= 4 is 0 Å². The van der Waals surface area contributed by atoms with Gasteiger partial charge in [0, 0.05) is 11.6 Å². The van der Waals surface area contributed by atoms with Gasteiger partial charge in [-0.05, 0) is 39.3 Å². The van der Waals surface area contributed by atoms with E-state index in [0.717, 1.165) is 0 Å². The lowest BCUT2D eigenvalue weighted by molar-refractivity contribution is 0.0538. The fraction of sp³-hybridized carbons (Fsp3) is 1.00. The Balaban J connectivity index is 2.91. The summed E-state index contributed by atoms with van der Waals surface area (Å²) in [6.45, 7) is 4.61. The third-order valence-electron chi connectivity index (χ3n) is 4.93. The molecular formula is C15H33N3. The Bertz CT molecular complexity index is 220. The van der Waals surface area contributed by atoms with Gasteiger partial charge >= 0.3 is 0 Å². The number of hydrogen-bond donors (Lipinski definition) is 2. The summed E-state index contributed by atoms with van der Waals surface area (Å²) in [7, 11) is 4.46. The van der Waals surface area contributed by atoms with E-state index in [0.29, 0.717) is 12.0 Å². The zero-order valence-corrected chi connectivity index (χ0v) is 12.8. The van der Waals surface area contributed by atoms with Crippen molar-refractivity contribution in [3.05, 3.63) is 0 Å². The van der Waals surface area contributed by atoms with Gasteiger partial charge in [0.25, 0.3) is 0 Å². The van der Waals surface area contributed by atoms with Crippen molar-refractivity contribution in [1.29, 1.82) is 0 Å². The van der Waals surface area contributed by atoms with E-state index in [1.54, 1.807) is 0 Å². The number of rotatable bonds is 6. The van der Waals surface area contributed by atoms with Crippen LogP contribution in [0.15, 0.2) is 0 Å². The quantitative estimate of drug-likeness (QED) is 0.435. The summed E-state index contributed by atoms with van der Waals surface area (Å²) in [5.41, 5.74) is 3.41. The van der Waals surface area contributed by atoms with Gasteiger partial charge in [0.2, 0.25) is 0 Å². The molecule has 0 amide bonds. The van der Waals surface area contributed by atoms with E-state index in [1.165, 1.54) is 51.4 Å². The highest BCUT2D eigenvalue weighted by Crippen LogP contribution is 2.37. The smallest absolute Gasteiger partial charge is 0.0420 e. The summed E-state index contributed by atoms with van der Waals surface area (Å²) in [6.07, 6.45) is 10.5. The highest BCUT2D eigenvalue weighted by Gasteiger charge is 2.42. The van der Waals surface area contributed by atoms with Crippen LogP contribution < -0.4 is 11.3 Å². The van der Waals surface area contributed by atoms with Crippen molar-refractivity contribution in [3.63, 3.8) is 0 Å². The molecule has 0 spiro atoms. The maximum atomic E-state index is 5.93. The summed E-state index contributed by atoms with van der Waals surface area (Å²) >= 11 is 0. The first-order chi connectivity index (χ1) is 8.58. The largest absolute Gasteiger partial charge is 0.302 e. The van der Waals surface area contributed by atoms with Crippen molar-refractivity contribution in [2.75, 3.05) is 14.1 Å². The molecule has 1 aliphatic carbocycles. The van der Waals surface area contributed by atoms with Crippen LogP contribution in [-0.4, -0.2) is 30.6 Å². The van der Waals surface area contributed by atoms with Gasteiger partial charge in [0.15, 0.2) is 0 Å². The van der Waals surface area contributed by atoms with Crippen LogP contribution in [0.1, 0.15) is 65.2 Å². The molecule has 0 aromatic rings.